The quantitative estimate of drug-likeness (QED) is 0.599. The smallest absolute Gasteiger partial charge is 0.310 e. The van der Waals surface area contributed by atoms with Crippen molar-refractivity contribution in [3.05, 3.63) is 71.5 Å². The van der Waals surface area contributed by atoms with Crippen molar-refractivity contribution in [1.29, 1.82) is 0 Å². The van der Waals surface area contributed by atoms with Crippen molar-refractivity contribution in [2.24, 2.45) is 0 Å². The molecular formula is C22H23NO4. The summed E-state index contributed by atoms with van der Waals surface area (Å²) >= 11 is 0. The maximum Gasteiger partial charge on any atom is 0.310 e. The fourth-order valence-electron chi connectivity index (χ4n) is 2.89. The molecule has 0 fully saturated rings. The van der Waals surface area contributed by atoms with Crippen molar-refractivity contribution in [2.45, 2.75) is 26.3 Å². The lowest BCUT2D eigenvalue weighted by molar-refractivity contribution is -0.151. The molecule has 0 atom stereocenters. The maximum absolute atomic E-state index is 12.2. The highest BCUT2D eigenvalue weighted by Crippen LogP contribution is 2.23. The van der Waals surface area contributed by atoms with Crippen LogP contribution in [0.1, 0.15) is 23.6 Å². The first-order valence-electron chi connectivity index (χ1n) is 8.99. The molecule has 5 nitrogen and oxygen atoms in total. The fourth-order valence-corrected chi connectivity index (χ4v) is 2.89. The van der Waals surface area contributed by atoms with Gasteiger partial charge in [0.15, 0.2) is 6.61 Å². The molecule has 2 aromatic carbocycles. The Morgan fingerprint density at radius 1 is 1.07 bits per heavy atom. The first kappa shape index (κ1) is 18.7. The number of benzene rings is 2. The lowest BCUT2D eigenvalue weighted by atomic mass is 10.1. The number of carbonyl (C=O) groups excluding carboxylic acids is 2. The Hall–Kier alpha value is -3.08. The van der Waals surface area contributed by atoms with Gasteiger partial charge >= 0.3 is 5.97 Å². The summed E-state index contributed by atoms with van der Waals surface area (Å²) in [7, 11) is 1.69. The highest BCUT2D eigenvalue weighted by molar-refractivity contribution is 5.87. The zero-order valence-electron chi connectivity index (χ0n) is 15.6. The Morgan fingerprint density at radius 2 is 1.85 bits per heavy atom. The normalized spacial score (nSPS) is 10.7. The van der Waals surface area contributed by atoms with Gasteiger partial charge in [-0.3, -0.25) is 9.59 Å². The number of amides is 1. The lowest BCUT2D eigenvalue weighted by Crippen LogP contribution is -2.31. The van der Waals surface area contributed by atoms with Gasteiger partial charge in [0.25, 0.3) is 5.91 Å². The Balaban J connectivity index is 1.53. The number of fused-ring (bicyclic) bond motifs is 1. The third-order valence-electron chi connectivity index (χ3n) is 4.51. The summed E-state index contributed by atoms with van der Waals surface area (Å²) in [4.78, 5) is 25.8. The Kier molecular flexibility index (Phi) is 5.91. The van der Waals surface area contributed by atoms with Crippen LogP contribution in [0.2, 0.25) is 0 Å². The van der Waals surface area contributed by atoms with Gasteiger partial charge in [-0.25, -0.2) is 0 Å². The van der Waals surface area contributed by atoms with Crippen LogP contribution in [0, 0.1) is 0 Å². The predicted octanol–water partition coefficient (Wildman–Crippen LogP) is 3.74. The number of likely N-dealkylation sites (N-methyl/N-ethyl adjacent to an activating group) is 1. The number of carbonyl (C=O) groups is 2. The molecule has 27 heavy (non-hydrogen) atoms. The van der Waals surface area contributed by atoms with Gasteiger partial charge in [0.05, 0.1) is 12.7 Å². The minimum absolute atomic E-state index is 0.0775. The van der Waals surface area contributed by atoms with Gasteiger partial charge in [-0.1, -0.05) is 49.4 Å². The molecular weight excluding hydrogens is 342 g/mol. The average Bonchev–Trinajstić information content (AvgIpc) is 3.08. The summed E-state index contributed by atoms with van der Waals surface area (Å²) in [5.41, 5.74) is 3.73. The molecule has 0 aliphatic rings. The molecule has 0 spiro atoms. The highest BCUT2D eigenvalue weighted by atomic mass is 16.5. The molecule has 0 aliphatic carbocycles. The summed E-state index contributed by atoms with van der Waals surface area (Å²) in [6, 6.07) is 15.6. The van der Waals surface area contributed by atoms with Crippen LogP contribution in [0.3, 0.4) is 0 Å². The Morgan fingerprint density at radius 3 is 2.59 bits per heavy atom. The molecule has 0 bridgehead atoms. The molecule has 0 aliphatic heterocycles. The van der Waals surface area contributed by atoms with Crippen molar-refractivity contribution in [3.63, 3.8) is 0 Å². The van der Waals surface area contributed by atoms with Crippen LogP contribution >= 0.6 is 0 Å². The molecule has 3 aromatic rings. The first-order chi connectivity index (χ1) is 13.1. The summed E-state index contributed by atoms with van der Waals surface area (Å²) in [5, 5.41) is 0.900. The van der Waals surface area contributed by atoms with Crippen molar-refractivity contribution < 1.29 is 18.7 Å². The van der Waals surface area contributed by atoms with Crippen LogP contribution in [-0.2, 0) is 33.7 Å². The van der Waals surface area contributed by atoms with E-state index in [9.17, 15) is 9.59 Å². The van der Waals surface area contributed by atoms with E-state index in [0.29, 0.717) is 6.54 Å². The molecule has 0 unspecified atom stereocenters. The predicted molar refractivity (Wildman–Crippen MR) is 103 cm³/mol. The van der Waals surface area contributed by atoms with E-state index in [0.717, 1.165) is 28.5 Å². The molecule has 3 rings (SSSR count). The van der Waals surface area contributed by atoms with Gasteiger partial charge in [-0.15, -0.1) is 0 Å². The number of hydrogen-bond acceptors (Lipinski definition) is 4. The number of rotatable bonds is 7. The monoisotopic (exact) mass is 365 g/mol. The first-order valence-corrected chi connectivity index (χ1v) is 8.99. The SMILES string of the molecule is CCc1ccc2c(CC(=O)OCC(=O)N(C)Cc3ccccc3)coc2c1. The van der Waals surface area contributed by atoms with Crippen molar-refractivity contribution in [1.82, 2.24) is 4.90 Å². The zero-order chi connectivity index (χ0) is 19.2. The highest BCUT2D eigenvalue weighted by Gasteiger charge is 2.15. The zero-order valence-corrected chi connectivity index (χ0v) is 15.6. The second-order valence-electron chi connectivity index (χ2n) is 6.52. The summed E-state index contributed by atoms with van der Waals surface area (Å²) < 4.78 is 10.7. The molecule has 1 aromatic heterocycles. The third-order valence-corrected chi connectivity index (χ3v) is 4.51. The second kappa shape index (κ2) is 8.54. The number of nitrogens with zero attached hydrogens (tertiary/aromatic N) is 1. The van der Waals surface area contributed by atoms with Crippen LogP contribution in [0.25, 0.3) is 11.0 Å². The van der Waals surface area contributed by atoms with Crippen LogP contribution in [0.4, 0.5) is 0 Å². The topological polar surface area (TPSA) is 59.8 Å². The summed E-state index contributed by atoms with van der Waals surface area (Å²) in [6.45, 7) is 2.29. The maximum atomic E-state index is 12.2. The van der Waals surface area contributed by atoms with Gasteiger partial charge in [0.1, 0.15) is 5.58 Å². The molecule has 1 amide bonds. The van der Waals surface area contributed by atoms with E-state index in [1.54, 1.807) is 18.2 Å². The summed E-state index contributed by atoms with van der Waals surface area (Å²) in [5.74, 6) is -0.685. The third kappa shape index (κ3) is 4.76. The van der Waals surface area contributed by atoms with Crippen molar-refractivity contribution in [3.8, 4) is 0 Å². The number of hydrogen-bond donors (Lipinski definition) is 0. The molecule has 5 heteroatoms. The molecule has 1 heterocycles. The van der Waals surface area contributed by atoms with E-state index in [4.69, 9.17) is 9.15 Å². The molecule has 0 saturated heterocycles. The Bertz CT molecular complexity index is 930. The van der Waals surface area contributed by atoms with E-state index < -0.39 is 5.97 Å². The van der Waals surface area contributed by atoms with Gasteiger partial charge in [-0.05, 0) is 23.6 Å². The second-order valence-corrected chi connectivity index (χ2v) is 6.52. The molecule has 0 radical (unpaired) electrons. The number of aryl methyl sites for hydroxylation is 1. The van der Waals surface area contributed by atoms with Crippen LogP contribution in [0.5, 0.6) is 0 Å². The number of ether oxygens (including phenoxy) is 1. The van der Waals surface area contributed by atoms with Crippen LogP contribution in [-0.4, -0.2) is 30.4 Å². The van der Waals surface area contributed by atoms with Crippen molar-refractivity contribution >= 4 is 22.8 Å². The van der Waals surface area contributed by atoms with E-state index in [1.807, 2.05) is 48.5 Å². The van der Waals surface area contributed by atoms with Crippen LogP contribution < -0.4 is 0 Å². The van der Waals surface area contributed by atoms with Gasteiger partial charge < -0.3 is 14.1 Å². The van der Waals surface area contributed by atoms with Gasteiger partial charge in [-0.2, -0.15) is 0 Å². The van der Waals surface area contributed by atoms with Gasteiger partial charge in [0.2, 0.25) is 0 Å². The number of esters is 1. The largest absolute Gasteiger partial charge is 0.464 e. The van der Waals surface area contributed by atoms with E-state index >= 15 is 0 Å². The van der Waals surface area contributed by atoms with Crippen LogP contribution in [0.15, 0.2) is 59.2 Å². The average molecular weight is 365 g/mol. The minimum atomic E-state index is -0.446. The lowest BCUT2D eigenvalue weighted by Gasteiger charge is -2.17. The fraction of sp³-hybridized carbons (Fsp3) is 0.273. The molecule has 0 saturated carbocycles. The van der Waals surface area contributed by atoms with Gasteiger partial charge in [0, 0.05) is 24.5 Å². The van der Waals surface area contributed by atoms with Crippen molar-refractivity contribution in [2.75, 3.05) is 13.7 Å². The summed E-state index contributed by atoms with van der Waals surface area (Å²) in [6.07, 6.45) is 2.58. The van der Waals surface area contributed by atoms with E-state index in [1.165, 1.54) is 5.56 Å². The standard InChI is InChI=1S/C22H23NO4/c1-3-16-9-10-19-18(14-26-20(19)11-16)12-22(25)27-15-21(24)23(2)13-17-7-5-4-6-8-17/h4-11,14H,3,12-13,15H2,1-2H3. The Labute approximate surface area is 158 Å². The van der Waals surface area contributed by atoms with E-state index in [2.05, 4.69) is 6.92 Å². The number of furan rings is 1. The minimum Gasteiger partial charge on any atom is -0.464 e. The molecule has 0 N–H and O–H groups in total. The van der Waals surface area contributed by atoms with E-state index in [-0.39, 0.29) is 18.9 Å². The molecule has 140 valence electrons.